The number of nitrogens with zero attached hydrogens (tertiary/aromatic N) is 1. The third kappa shape index (κ3) is 11.9. The van der Waals surface area contributed by atoms with Gasteiger partial charge in [0.05, 0.1) is 6.33 Å². The Morgan fingerprint density at radius 2 is 1.67 bits per heavy atom. The average Bonchev–Trinajstić information content (AvgIpc) is 1.76. The van der Waals surface area contributed by atoms with E-state index in [2.05, 4.69) is 9.97 Å². The van der Waals surface area contributed by atoms with E-state index in [4.69, 9.17) is 0 Å². The van der Waals surface area contributed by atoms with E-state index < -0.39 is 0 Å². The summed E-state index contributed by atoms with van der Waals surface area (Å²) in [5.41, 5.74) is 0. The summed E-state index contributed by atoms with van der Waals surface area (Å²) in [6.45, 7) is 0. The number of nitrogens with one attached hydrogen (secondary N) is 1. The first-order valence-electron chi connectivity index (χ1n) is 1.43. The van der Waals surface area contributed by atoms with Crippen LogP contribution in [-0.4, -0.2) is 9.97 Å². The van der Waals surface area contributed by atoms with Crippen molar-refractivity contribution in [1.82, 2.24) is 9.97 Å². The summed E-state index contributed by atoms with van der Waals surface area (Å²) >= 11 is 0. The molecule has 0 saturated carbocycles. The molecule has 0 aliphatic carbocycles. The third-order valence-corrected chi connectivity index (χ3v) is 0.406. The molecule has 0 radical (unpaired) electrons. The van der Waals surface area contributed by atoms with Gasteiger partial charge in [-0.3, -0.25) is 0 Å². The lowest BCUT2D eigenvalue weighted by atomic mass is 11.0. The van der Waals surface area contributed by atoms with E-state index in [0.717, 1.165) is 0 Å². The van der Waals surface area contributed by atoms with Crippen LogP contribution in [0.5, 0.6) is 0 Å². The monoisotopic (exact) mass is 210 g/mol. The van der Waals surface area contributed by atoms with Gasteiger partial charge in [-0.2, -0.15) is 9.90 Å². The van der Waals surface area contributed by atoms with E-state index in [1.54, 1.807) is 18.7 Å². The van der Waals surface area contributed by atoms with Crippen molar-refractivity contribution < 1.29 is 0 Å². The zero-order valence-electron chi connectivity index (χ0n) is 4.61. The summed E-state index contributed by atoms with van der Waals surface area (Å²) in [5.74, 6) is 0. The number of imidazole rings is 1. The SMILES string of the molecule is Cl.Cl.Cl.P.c1c[nH]cn1. The lowest BCUT2D eigenvalue weighted by Crippen LogP contribution is -1.44. The zero-order valence-corrected chi connectivity index (χ0v) is 8.47. The molecule has 0 fully saturated rings. The molecule has 58 valence electrons. The van der Waals surface area contributed by atoms with Crippen molar-refractivity contribution in [1.29, 1.82) is 0 Å². The van der Waals surface area contributed by atoms with Gasteiger partial charge >= 0.3 is 0 Å². The van der Waals surface area contributed by atoms with Crippen LogP contribution in [0.1, 0.15) is 0 Å². The van der Waals surface area contributed by atoms with Crippen molar-refractivity contribution in [2.24, 2.45) is 0 Å². The van der Waals surface area contributed by atoms with Gasteiger partial charge in [0.15, 0.2) is 0 Å². The smallest absolute Gasteiger partial charge is 0.0919 e. The maximum absolute atomic E-state index is 3.67. The van der Waals surface area contributed by atoms with Gasteiger partial charge in [-0.1, -0.05) is 0 Å². The quantitative estimate of drug-likeness (QED) is 0.651. The fourth-order valence-electron chi connectivity index (χ4n) is 0.215. The highest BCUT2D eigenvalue weighted by molar-refractivity contribution is 6.92. The van der Waals surface area contributed by atoms with Gasteiger partial charge in [-0.25, -0.2) is 4.98 Å². The number of hydrogen-bond acceptors (Lipinski definition) is 1. The van der Waals surface area contributed by atoms with Gasteiger partial charge in [0.1, 0.15) is 0 Å². The summed E-state index contributed by atoms with van der Waals surface area (Å²) in [5, 5.41) is 0. The summed E-state index contributed by atoms with van der Waals surface area (Å²) in [7, 11) is 0. The van der Waals surface area contributed by atoms with Crippen LogP contribution < -0.4 is 0 Å². The van der Waals surface area contributed by atoms with Crippen molar-refractivity contribution >= 4 is 47.1 Å². The lowest BCUT2D eigenvalue weighted by Gasteiger charge is -1.46. The highest BCUT2D eigenvalue weighted by atomic mass is 35.5. The highest BCUT2D eigenvalue weighted by Gasteiger charge is 1.56. The van der Waals surface area contributed by atoms with Crippen molar-refractivity contribution in [3.8, 4) is 0 Å². The summed E-state index contributed by atoms with van der Waals surface area (Å²) in [6.07, 6.45) is 5.08. The molecule has 0 amide bonds. The fourth-order valence-corrected chi connectivity index (χ4v) is 0.215. The molecule has 1 N–H and O–H groups in total. The maximum atomic E-state index is 3.67. The predicted molar refractivity (Wildman–Crippen MR) is 51.4 cm³/mol. The molecule has 6 heteroatoms. The molecule has 2 nitrogen and oxygen atoms in total. The van der Waals surface area contributed by atoms with Crippen LogP contribution in [0.15, 0.2) is 18.7 Å². The Balaban J connectivity index is -0.0000000312. The van der Waals surface area contributed by atoms with Crippen LogP contribution in [0, 0.1) is 0 Å². The summed E-state index contributed by atoms with van der Waals surface area (Å²) in [4.78, 5) is 6.42. The Labute approximate surface area is 76.1 Å². The van der Waals surface area contributed by atoms with E-state index in [0.29, 0.717) is 0 Å². The van der Waals surface area contributed by atoms with Gasteiger partial charge in [0.2, 0.25) is 0 Å². The van der Waals surface area contributed by atoms with E-state index in [1.165, 1.54) is 0 Å². The maximum Gasteiger partial charge on any atom is 0.0919 e. The average molecular weight is 211 g/mol. The molecule has 1 aromatic rings. The molecule has 0 spiro atoms. The fraction of sp³-hybridized carbons (Fsp3) is 0. The number of aromatic amines is 1. The molecule has 0 saturated heterocycles. The van der Waals surface area contributed by atoms with Crippen molar-refractivity contribution in [2.75, 3.05) is 0 Å². The van der Waals surface area contributed by atoms with Crippen molar-refractivity contribution in [3.05, 3.63) is 18.7 Å². The Hall–Kier alpha value is 0.510. The number of aromatic nitrogens is 2. The van der Waals surface area contributed by atoms with Crippen LogP contribution in [-0.2, 0) is 0 Å². The minimum atomic E-state index is 0. The Morgan fingerprint density at radius 3 is 1.78 bits per heavy atom. The second-order valence-corrected chi connectivity index (χ2v) is 0.761. The Bertz CT molecular complexity index is 73.5. The molecule has 1 heterocycles. The van der Waals surface area contributed by atoms with Gasteiger partial charge in [-0.15, -0.1) is 37.2 Å². The van der Waals surface area contributed by atoms with E-state index in [-0.39, 0.29) is 47.1 Å². The van der Waals surface area contributed by atoms with E-state index >= 15 is 0 Å². The zero-order chi connectivity index (χ0) is 3.54. The molecule has 1 atom stereocenters. The molecular formula is C3H10Cl3N2P. The van der Waals surface area contributed by atoms with Crippen LogP contribution in [0.2, 0.25) is 0 Å². The normalized spacial score (nSPS) is 4.44. The second-order valence-electron chi connectivity index (χ2n) is 0.761. The molecule has 9 heavy (non-hydrogen) atoms. The first-order valence-corrected chi connectivity index (χ1v) is 1.43. The second kappa shape index (κ2) is 15.8. The number of H-pyrrole nitrogens is 1. The first-order chi connectivity index (χ1) is 2.50. The minimum absolute atomic E-state index is 0. The Morgan fingerprint density at radius 1 is 1.11 bits per heavy atom. The molecular weight excluding hydrogens is 201 g/mol. The first kappa shape index (κ1) is 22.7. The lowest BCUT2D eigenvalue weighted by molar-refractivity contribution is 1.31. The molecule has 0 aliphatic heterocycles. The van der Waals surface area contributed by atoms with Crippen LogP contribution in [0.3, 0.4) is 0 Å². The van der Waals surface area contributed by atoms with Crippen molar-refractivity contribution in [3.63, 3.8) is 0 Å². The highest BCUT2D eigenvalue weighted by Crippen LogP contribution is 1.62. The molecule has 0 bridgehead atoms. The standard InChI is InChI=1S/C3H4N2.3ClH.H3P/c1-2-5-3-4-1;;;;/h1-3H,(H,4,5);3*1H;1H3. The molecule has 0 aromatic carbocycles. The third-order valence-electron chi connectivity index (χ3n) is 0.406. The molecule has 1 aromatic heterocycles. The minimum Gasteiger partial charge on any atom is -0.351 e. The summed E-state index contributed by atoms with van der Waals surface area (Å²) < 4.78 is 0. The predicted octanol–water partition coefficient (Wildman–Crippen LogP) is 1.73. The van der Waals surface area contributed by atoms with Crippen LogP contribution >= 0.6 is 47.1 Å². The molecule has 0 aliphatic rings. The topological polar surface area (TPSA) is 28.7 Å². The number of hydrogen-bond donors (Lipinski definition) is 1. The number of rotatable bonds is 0. The van der Waals surface area contributed by atoms with Gasteiger partial charge < -0.3 is 4.98 Å². The molecule has 1 rings (SSSR count). The Kier molecular flexibility index (Phi) is 39.8. The van der Waals surface area contributed by atoms with Crippen LogP contribution in [0.4, 0.5) is 0 Å². The van der Waals surface area contributed by atoms with Gasteiger partial charge in [0, 0.05) is 12.4 Å². The van der Waals surface area contributed by atoms with Gasteiger partial charge in [-0.05, 0) is 0 Å². The number of halogens is 3. The van der Waals surface area contributed by atoms with Crippen LogP contribution in [0.25, 0.3) is 0 Å². The van der Waals surface area contributed by atoms with Gasteiger partial charge in [0.25, 0.3) is 0 Å². The molecule has 1 unspecified atom stereocenters. The van der Waals surface area contributed by atoms with E-state index in [1.807, 2.05) is 0 Å². The summed E-state index contributed by atoms with van der Waals surface area (Å²) in [6, 6.07) is 0. The van der Waals surface area contributed by atoms with Crippen molar-refractivity contribution in [2.45, 2.75) is 0 Å². The van der Waals surface area contributed by atoms with E-state index in [9.17, 15) is 0 Å². The largest absolute Gasteiger partial charge is 0.351 e.